The van der Waals surface area contributed by atoms with Crippen molar-refractivity contribution in [2.75, 3.05) is 0 Å². The van der Waals surface area contributed by atoms with E-state index in [0.717, 1.165) is 11.1 Å². The van der Waals surface area contributed by atoms with E-state index in [1.54, 1.807) is 40.7 Å². The second-order valence-electron chi connectivity index (χ2n) is 7.00. The van der Waals surface area contributed by atoms with Crippen molar-refractivity contribution in [3.63, 3.8) is 0 Å². The number of hydrogen-bond acceptors (Lipinski definition) is 4. The molecule has 6 heteroatoms. The first-order valence-electron chi connectivity index (χ1n) is 9.50. The maximum Gasteiger partial charge on any atom is 0.225 e. The Morgan fingerprint density at radius 1 is 0.966 bits per heavy atom. The van der Waals surface area contributed by atoms with Gasteiger partial charge in [0, 0.05) is 13.1 Å². The van der Waals surface area contributed by atoms with Crippen LogP contribution in [-0.2, 0) is 22.7 Å². The molecule has 0 fully saturated rings. The quantitative estimate of drug-likeness (QED) is 0.627. The van der Waals surface area contributed by atoms with E-state index < -0.39 is 0 Å². The lowest BCUT2D eigenvalue weighted by atomic mass is 9.93. The number of furan rings is 2. The summed E-state index contributed by atoms with van der Waals surface area (Å²) < 4.78 is 10.9. The van der Waals surface area contributed by atoms with E-state index in [4.69, 9.17) is 8.83 Å². The Balaban J connectivity index is 1.59. The third kappa shape index (κ3) is 4.16. The highest BCUT2D eigenvalue weighted by Crippen LogP contribution is 2.33. The van der Waals surface area contributed by atoms with Crippen molar-refractivity contribution in [1.29, 1.82) is 0 Å². The molecular formula is C23H22N2O4. The first-order valence-corrected chi connectivity index (χ1v) is 9.50. The molecule has 1 aliphatic rings. The van der Waals surface area contributed by atoms with Crippen LogP contribution in [0.2, 0.25) is 0 Å². The fourth-order valence-corrected chi connectivity index (χ4v) is 3.62. The summed E-state index contributed by atoms with van der Waals surface area (Å²) in [6.45, 7) is 2.17. The fraction of sp³-hybridized carbons (Fsp3) is 0.217. The van der Waals surface area contributed by atoms with Crippen LogP contribution in [0.1, 0.15) is 42.0 Å². The van der Waals surface area contributed by atoms with Gasteiger partial charge in [-0.3, -0.25) is 9.59 Å². The monoisotopic (exact) mass is 390 g/mol. The predicted molar refractivity (Wildman–Crippen MR) is 107 cm³/mol. The van der Waals surface area contributed by atoms with Crippen molar-refractivity contribution < 1.29 is 18.4 Å². The molecule has 0 spiro atoms. The van der Waals surface area contributed by atoms with Crippen LogP contribution in [0.15, 0.2) is 76.1 Å². The lowest BCUT2D eigenvalue weighted by molar-refractivity contribution is -0.136. The molecule has 1 aliphatic heterocycles. The van der Waals surface area contributed by atoms with Crippen molar-refractivity contribution in [2.24, 2.45) is 0 Å². The zero-order chi connectivity index (χ0) is 20.2. The first-order chi connectivity index (χ1) is 14.1. The average Bonchev–Trinajstić information content (AvgIpc) is 3.41. The SMILES string of the molecule is CC(=O)N1C=Cc2ccccc2[C@@H]1CC(=O)N(Cc1ccco1)Cc1ccco1. The predicted octanol–water partition coefficient (Wildman–Crippen LogP) is 4.37. The van der Waals surface area contributed by atoms with Gasteiger partial charge in [0.25, 0.3) is 0 Å². The normalized spacial score (nSPS) is 15.2. The van der Waals surface area contributed by atoms with E-state index in [0.29, 0.717) is 24.6 Å². The smallest absolute Gasteiger partial charge is 0.225 e. The molecule has 0 aliphatic carbocycles. The molecular weight excluding hydrogens is 368 g/mol. The molecule has 0 saturated heterocycles. The number of amides is 2. The van der Waals surface area contributed by atoms with Crippen LogP contribution in [-0.4, -0.2) is 21.6 Å². The largest absolute Gasteiger partial charge is 0.467 e. The number of hydrogen-bond donors (Lipinski definition) is 0. The number of benzene rings is 1. The van der Waals surface area contributed by atoms with Crippen LogP contribution in [0, 0.1) is 0 Å². The molecule has 1 aromatic carbocycles. The van der Waals surface area contributed by atoms with Crippen molar-refractivity contribution in [2.45, 2.75) is 32.5 Å². The standard InChI is InChI=1S/C23H22N2O4/c1-17(26)25-11-10-18-6-2-3-9-21(18)22(25)14-23(27)24(15-19-7-4-12-28-19)16-20-8-5-13-29-20/h2-13,22H,14-16H2,1H3/t22-/m0/s1. The van der Waals surface area contributed by atoms with Crippen LogP contribution >= 0.6 is 0 Å². The molecule has 4 rings (SSSR count). The van der Waals surface area contributed by atoms with E-state index in [9.17, 15) is 9.59 Å². The Morgan fingerprint density at radius 3 is 2.21 bits per heavy atom. The van der Waals surface area contributed by atoms with Gasteiger partial charge in [-0.05, 0) is 41.5 Å². The zero-order valence-corrected chi connectivity index (χ0v) is 16.2. The van der Waals surface area contributed by atoms with E-state index in [1.165, 1.54) is 6.92 Å². The molecule has 2 aromatic heterocycles. The summed E-state index contributed by atoms with van der Waals surface area (Å²) in [6.07, 6.45) is 7.00. The van der Waals surface area contributed by atoms with Crippen LogP contribution in [0.5, 0.6) is 0 Å². The number of fused-ring (bicyclic) bond motifs is 1. The minimum Gasteiger partial charge on any atom is -0.467 e. The van der Waals surface area contributed by atoms with Crippen molar-refractivity contribution in [1.82, 2.24) is 9.80 Å². The van der Waals surface area contributed by atoms with Crippen molar-refractivity contribution in [3.8, 4) is 0 Å². The van der Waals surface area contributed by atoms with Gasteiger partial charge < -0.3 is 18.6 Å². The number of carbonyl (C=O) groups is 2. The molecule has 0 bridgehead atoms. The summed E-state index contributed by atoms with van der Waals surface area (Å²) >= 11 is 0. The van der Waals surface area contributed by atoms with Crippen LogP contribution in [0.3, 0.4) is 0 Å². The van der Waals surface area contributed by atoms with Crippen LogP contribution in [0.25, 0.3) is 6.08 Å². The van der Waals surface area contributed by atoms with Gasteiger partial charge in [0.15, 0.2) is 0 Å². The van der Waals surface area contributed by atoms with Gasteiger partial charge in [0.1, 0.15) is 11.5 Å². The van der Waals surface area contributed by atoms with E-state index >= 15 is 0 Å². The van der Waals surface area contributed by atoms with Gasteiger partial charge in [-0.1, -0.05) is 24.3 Å². The van der Waals surface area contributed by atoms with Crippen molar-refractivity contribution in [3.05, 3.63) is 89.9 Å². The van der Waals surface area contributed by atoms with E-state index in [1.807, 2.05) is 42.5 Å². The van der Waals surface area contributed by atoms with E-state index in [2.05, 4.69) is 0 Å². The molecule has 29 heavy (non-hydrogen) atoms. The second-order valence-corrected chi connectivity index (χ2v) is 7.00. The third-order valence-corrected chi connectivity index (χ3v) is 5.04. The molecule has 0 N–H and O–H groups in total. The molecule has 3 aromatic rings. The minimum atomic E-state index is -0.350. The summed E-state index contributed by atoms with van der Waals surface area (Å²) in [6, 6.07) is 14.8. The summed E-state index contributed by atoms with van der Waals surface area (Å²) in [4.78, 5) is 28.8. The molecule has 3 heterocycles. The maximum atomic E-state index is 13.3. The molecule has 2 amide bonds. The van der Waals surface area contributed by atoms with Gasteiger partial charge in [-0.25, -0.2) is 0 Å². The summed E-state index contributed by atoms with van der Waals surface area (Å²) in [5, 5.41) is 0. The summed E-state index contributed by atoms with van der Waals surface area (Å²) in [5.74, 6) is 1.20. The Bertz CT molecular complexity index is 969. The topological polar surface area (TPSA) is 66.9 Å². The minimum absolute atomic E-state index is 0.0841. The number of rotatable bonds is 6. The summed E-state index contributed by atoms with van der Waals surface area (Å²) in [7, 11) is 0. The molecule has 1 atom stereocenters. The van der Waals surface area contributed by atoms with Gasteiger partial charge in [-0.15, -0.1) is 0 Å². The maximum absolute atomic E-state index is 13.3. The molecule has 0 saturated carbocycles. The highest BCUT2D eigenvalue weighted by molar-refractivity contribution is 5.82. The summed E-state index contributed by atoms with van der Waals surface area (Å²) in [5.41, 5.74) is 1.99. The van der Waals surface area contributed by atoms with Gasteiger partial charge in [-0.2, -0.15) is 0 Å². The van der Waals surface area contributed by atoms with Gasteiger partial charge >= 0.3 is 0 Å². The van der Waals surface area contributed by atoms with Gasteiger partial charge in [0.2, 0.25) is 11.8 Å². The second kappa shape index (κ2) is 8.22. The first kappa shape index (κ1) is 18.8. The highest BCUT2D eigenvalue weighted by atomic mass is 16.3. The number of nitrogens with zero attached hydrogens (tertiary/aromatic N) is 2. The third-order valence-electron chi connectivity index (χ3n) is 5.04. The Labute approximate surface area is 169 Å². The average molecular weight is 390 g/mol. The fourth-order valence-electron chi connectivity index (χ4n) is 3.62. The Kier molecular flexibility index (Phi) is 5.33. The number of carbonyl (C=O) groups excluding carboxylic acids is 2. The highest BCUT2D eigenvalue weighted by Gasteiger charge is 2.30. The molecule has 0 unspecified atom stereocenters. The Morgan fingerprint density at radius 2 is 1.62 bits per heavy atom. The van der Waals surface area contributed by atoms with E-state index in [-0.39, 0.29) is 24.3 Å². The molecule has 148 valence electrons. The van der Waals surface area contributed by atoms with Gasteiger partial charge in [0.05, 0.1) is 38.1 Å². The zero-order valence-electron chi connectivity index (χ0n) is 16.2. The molecule has 6 nitrogen and oxygen atoms in total. The Hall–Kier alpha value is -3.54. The van der Waals surface area contributed by atoms with Crippen LogP contribution in [0.4, 0.5) is 0 Å². The lowest BCUT2D eigenvalue weighted by Crippen LogP contribution is -2.37. The molecule has 0 radical (unpaired) electrons. The van der Waals surface area contributed by atoms with Crippen LogP contribution < -0.4 is 0 Å². The van der Waals surface area contributed by atoms with Crippen molar-refractivity contribution >= 4 is 17.9 Å². The lowest BCUT2D eigenvalue weighted by Gasteiger charge is -2.33.